The van der Waals surface area contributed by atoms with Crippen LogP contribution in [0.1, 0.15) is 24.0 Å². The second-order valence-corrected chi connectivity index (χ2v) is 4.62. The van der Waals surface area contributed by atoms with Crippen molar-refractivity contribution in [1.29, 1.82) is 0 Å². The first-order chi connectivity index (χ1) is 8.77. The van der Waals surface area contributed by atoms with Crippen LogP contribution in [-0.2, 0) is 4.79 Å². The monoisotopic (exact) mass is 234 g/mol. The van der Waals surface area contributed by atoms with Gasteiger partial charge in [0, 0.05) is 5.92 Å². The zero-order valence-corrected chi connectivity index (χ0v) is 10.3. The Labute approximate surface area is 107 Å². The van der Waals surface area contributed by atoms with E-state index in [1.165, 1.54) is 22.3 Å². The summed E-state index contributed by atoms with van der Waals surface area (Å²) in [7, 11) is 0. The molecule has 1 nitrogen and oxygen atoms in total. The molecule has 0 bridgehead atoms. The summed E-state index contributed by atoms with van der Waals surface area (Å²) in [6.07, 6.45) is 3.68. The maximum absolute atomic E-state index is 11.1. The normalized spacial score (nSPS) is 13.6. The van der Waals surface area contributed by atoms with Gasteiger partial charge in [-0.25, -0.2) is 0 Å². The van der Waals surface area contributed by atoms with Crippen molar-refractivity contribution in [3.05, 3.63) is 71.8 Å². The van der Waals surface area contributed by atoms with Gasteiger partial charge in [0.15, 0.2) is 5.78 Å². The third-order valence-corrected chi connectivity index (χ3v) is 3.41. The molecule has 0 fully saturated rings. The Bertz CT molecular complexity index is 592. The van der Waals surface area contributed by atoms with Crippen LogP contribution < -0.4 is 0 Å². The lowest BCUT2D eigenvalue weighted by Crippen LogP contribution is -1.93. The molecule has 1 heteroatoms. The maximum Gasteiger partial charge on any atom is 0.152 e. The van der Waals surface area contributed by atoms with Crippen molar-refractivity contribution in [2.75, 3.05) is 0 Å². The van der Waals surface area contributed by atoms with Gasteiger partial charge in [-0.3, -0.25) is 4.79 Å². The van der Waals surface area contributed by atoms with Gasteiger partial charge in [0.05, 0.1) is 0 Å². The molecule has 88 valence electrons. The van der Waals surface area contributed by atoms with E-state index in [9.17, 15) is 4.79 Å². The van der Waals surface area contributed by atoms with E-state index in [4.69, 9.17) is 0 Å². The number of hydrogen-bond donors (Lipinski definition) is 0. The summed E-state index contributed by atoms with van der Waals surface area (Å²) in [4.78, 5) is 11.1. The van der Waals surface area contributed by atoms with Crippen LogP contribution in [0.5, 0.6) is 0 Å². The number of benzene rings is 2. The Morgan fingerprint density at radius 3 is 1.94 bits per heavy atom. The predicted octanol–water partition coefficient (Wildman–Crippen LogP) is 3.94. The maximum atomic E-state index is 11.1. The third-order valence-electron chi connectivity index (χ3n) is 3.41. The van der Waals surface area contributed by atoms with Gasteiger partial charge in [-0.1, -0.05) is 54.6 Å². The summed E-state index contributed by atoms with van der Waals surface area (Å²) >= 11 is 0. The number of hydrogen-bond acceptors (Lipinski definition) is 1. The molecule has 2 aromatic carbocycles. The van der Waals surface area contributed by atoms with Crippen LogP contribution in [-0.4, -0.2) is 5.78 Å². The van der Waals surface area contributed by atoms with Gasteiger partial charge in [0.2, 0.25) is 0 Å². The highest BCUT2D eigenvalue weighted by atomic mass is 16.1. The first kappa shape index (κ1) is 11.0. The third kappa shape index (κ3) is 1.68. The minimum absolute atomic E-state index is 0.0943. The highest BCUT2D eigenvalue weighted by Gasteiger charge is 2.25. The van der Waals surface area contributed by atoms with Gasteiger partial charge >= 0.3 is 0 Å². The second-order valence-electron chi connectivity index (χ2n) is 4.62. The second kappa shape index (κ2) is 4.26. The highest BCUT2D eigenvalue weighted by molar-refractivity contribution is 5.88. The standard InChI is InChI=1S/C17H14O/c1-12(18)10-11-17-15-8-4-2-6-13(15)14-7-3-5-9-16(14)17/h2-11,17H,1H3/b11-10+. The van der Waals surface area contributed by atoms with Crippen molar-refractivity contribution in [1.82, 2.24) is 0 Å². The van der Waals surface area contributed by atoms with Crippen molar-refractivity contribution in [3.8, 4) is 11.1 Å². The Hall–Kier alpha value is -2.15. The molecule has 0 aliphatic heterocycles. The van der Waals surface area contributed by atoms with Crippen molar-refractivity contribution in [2.45, 2.75) is 12.8 Å². The average Bonchev–Trinajstić information content (AvgIpc) is 2.71. The SMILES string of the molecule is CC(=O)/C=C/C1c2ccccc2-c2ccccc21. The highest BCUT2D eigenvalue weighted by Crippen LogP contribution is 2.44. The lowest BCUT2D eigenvalue weighted by molar-refractivity contribution is -0.112. The molecule has 0 spiro atoms. The van der Waals surface area contributed by atoms with E-state index in [2.05, 4.69) is 48.5 Å². The molecule has 18 heavy (non-hydrogen) atoms. The van der Waals surface area contributed by atoms with E-state index < -0.39 is 0 Å². The average molecular weight is 234 g/mol. The molecule has 0 unspecified atom stereocenters. The largest absolute Gasteiger partial charge is 0.295 e. The Kier molecular flexibility index (Phi) is 2.60. The molecule has 2 aromatic rings. The molecular formula is C17H14O. The van der Waals surface area contributed by atoms with E-state index in [0.29, 0.717) is 0 Å². The van der Waals surface area contributed by atoms with Crippen LogP contribution in [0.3, 0.4) is 0 Å². The summed E-state index contributed by atoms with van der Waals surface area (Å²) in [5, 5.41) is 0. The quantitative estimate of drug-likeness (QED) is 0.719. The minimum atomic E-state index is 0.0943. The van der Waals surface area contributed by atoms with Crippen LogP contribution in [0.25, 0.3) is 11.1 Å². The Morgan fingerprint density at radius 1 is 0.944 bits per heavy atom. The molecule has 0 N–H and O–H groups in total. The smallest absolute Gasteiger partial charge is 0.152 e. The van der Waals surface area contributed by atoms with Crippen molar-refractivity contribution >= 4 is 5.78 Å². The van der Waals surface area contributed by atoms with E-state index in [-0.39, 0.29) is 11.7 Å². The molecule has 1 aliphatic carbocycles. The lowest BCUT2D eigenvalue weighted by atomic mass is 9.96. The predicted molar refractivity (Wildman–Crippen MR) is 73.5 cm³/mol. The zero-order valence-electron chi connectivity index (χ0n) is 10.3. The topological polar surface area (TPSA) is 17.1 Å². The molecule has 0 aromatic heterocycles. The summed E-state index contributed by atoms with van der Waals surface area (Å²) in [5.74, 6) is 0.304. The fraction of sp³-hybridized carbons (Fsp3) is 0.118. The van der Waals surface area contributed by atoms with Crippen molar-refractivity contribution in [3.63, 3.8) is 0 Å². The molecule has 3 rings (SSSR count). The van der Waals surface area contributed by atoms with Gasteiger partial charge in [0.25, 0.3) is 0 Å². The molecule has 0 radical (unpaired) electrons. The number of fused-ring (bicyclic) bond motifs is 3. The van der Waals surface area contributed by atoms with Crippen LogP contribution in [0.15, 0.2) is 60.7 Å². The molecule has 0 heterocycles. The summed E-state index contributed by atoms with van der Waals surface area (Å²) in [6, 6.07) is 16.8. The van der Waals surface area contributed by atoms with Crippen LogP contribution in [0, 0.1) is 0 Å². The summed E-state index contributed by atoms with van der Waals surface area (Å²) in [5.41, 5.74) is 5.14. The fourth-order valence-electron chi connectivity index (χ4n) is 2.63. The van der Waals surface area contributed by atoms with Crippen LogP contribution in [0.4, 0.5) is 0 Å². The van der Waals surface area contributed by atoms with Crippen LogP contribution in [0.2, 0.25) is 0 Å². The Morgan fingerprint density at radius 2 is 1.44 bits per heavy atom. The van der Waals surface area contributed by atoms with Gasteiger partial charge in [0.1, 0.15) is 0 Å². The first-order valence-corrected chi connectivity index (χ1v) is 6.14. The summed E-state index contributed by atoms with van der Waals surface area (Å²) in [6.45, 7) is 1.59. The molecular weight excluding hydrogens is 220 g/mol. The summed E-state index contributed by atoms with van der Waals surface area (Å²) < 4.78 is 0. The number of ketones is 1. The lowest BCUT2D eigenvalue weighted by Gasteiger charge is -2.07. The number of allylic oxidation sites excluding steroid dienone is 2. The van der Waals surface area contributed by atoms with E-state index in [1.807, 2.05) is 6.08 Å². The number of carbonyl (C=O) groups is 1. The molecule has 0 saturated carbocycles. The molecule has 0 atom stereocenters. The van der Waals surface area contributed by atoms with Crippen molar-refractivity contribution in [2.24, 2.45) is 0 Å². The molecule has 1 aliphatic rings. The fourth-order valence-corrected chi connectivity index (χ4v) is 2.63. The zero-order chi connectivity index (χ0) is 12.5. The van der Waals surface area contributed by atoms with E-state index >= 15 is 0 Å². The van der Waals surface area contributed by atoms with Crippen LogP contribution >= 0.6 is 0 Å². The molecule has 0 amide bonds. The minimum Gasteiger partial charge on any atom is -0.295 e. The van der Waals surface area contributed by atoms with E-state index in [0.717, 1.165) is 0 Å². The Balaban J connectivity index is 2.18. The van der Waals surface area contributed by atoms with Crippen molar-refractivity contribution < 1.29 is 4.79 Å². The number of carbonyl (C=O) groups excluding carboxylic acids is 1. The van der Waals surface area contributed by atoms with Gasteiger partial charge in [-0.15, -0.1) is 0 Å². The first-order valence-electron chi connectivity index (χ1n) is 6.14. The number of rotatable bonds is 2. The van der Waals surface area contributed by atoms with Gasteiger partial charge < -0.3 is 0 Å². The van der Waals surface area contributed by atoms with Gasteiger partial charge in [-0.05, 0) is 35.3 Å². The molecule has 0 saturated heterocycles. The van der Waals surface area contributed by atoms with Gasteiger partial charge in [-0.2, -0.15) is 0 Å². The van der Waals surface area contributed by atoms with E-state index in [1.54, 1.807) is 13.0 Å².